The Balaban J connectivity index is 2.20. The number of benzene rings is 1. The maximum Gasteiger partial charge on any atom is 0.00918 e. The molecule has 0 amide bonds. The summed E-state index contributed by atoms with van der Waals surface area (Å²) in [4.78, 5) is 2.79. The highest BCUT2D eigenvalue weighted by Crippen LogP contribution is 2.20. The number of rotatable bonds is 3. The Labute approximate surface area is 107 Å². The van der Waals surface area contributed by atoms with Crippen LogP contribution in [0.2, 0.25) is 0 Å². The Kier molecular flexibility index (Phi) is 3.64. The smallest absolute Gasteiger partial charge is 0.00918 e. The summed E-state index contributed by atoms with van der Waals surface area (Å²) in [6, 6.07) is 10.9. The summed E-state index contributed by atoms with van der Waals surface area (Å²) in [5.41, 5.74) is 9.24. The lowest BCUT2D eigenvalue weighted by molar-refractivity contribution is 1.22. The van der Waals surface area contributed by atoms with E-state index in [9.17, 15) is 0 Å². The Morgan fingerprint density at radius 1 is 1.18 bits per heavy atom. The van der Waals surface area contributed by atoms with Crippen molar-refractivity contribution >= 4 is 17.4 Å². The first-order chi connectivity index (χ1) is 8.19. The van der Waals surface area contributed by atoms with Crippen LogP contribution in [0.1, 0.15) is 26.4 Å². The highest BCUT2D eigenvalue weighted by atomic mass is 32.1. The van der Waals surface area contributed by atoms with Gasteiger partial charge in [-0.1, -0.05) is 18.2 Å². The molecule has 1 aromatic heterocycles. The molecule has 1 aromatic carbocycles. The minimum Gasteiger partial charge on any atom is -0.405 e. The second-order valence-corrected chi connectivity index (χ2v) is 5.61. The first kappa shape index (κ1) is 11.9. The summed E-state index contributed by atoms with van der Waals surface area (Å²) in [6.45, 7) is 4.27. The van der Waals surface area contributed by atoms with Crippen molar-refractivity contribution in [3.05, 3.63) is 63.0 Å². The van der Waals surface area contributed by atoms with Gasteiger partial charge in [0.25, 0.3) is 0 Å². The average Bonchev–Trinajstić information content (AvgIpc) is 2.68. The van der Waals surface area contributed by atoms with Gasteiger partial charge in [0.15, 0.2) is 0 Å². The van der Waals surface area contributed by atoms with Gasteiger partial charge in [0.1, 0.15) is 0 Å². The largest absolute Gasteiger partial charge is 0.405 e. The van der Waals surface area contributed by atoms with E-state index in [0.717, 1.165) is 6.42 Å². The van der Waals surface area contributed by atoms with Crippen LogP contribution in [0, 0.1) is 13.8 Å². The molecule has 2 aromatic rings. The molecule has 0 bridgehead atoms. The lowest BCUT2D eigenvalue weighted by Gasteiger charge is -2.04. The molecule has 88 valence electrons. The third-order valence-electron chi connectivity index (χ3n) is 2.78. The molecule has 1 heterocycles. The quantitative estimate of drug-likeness (QED) is 0.869. The molecular weight excluding hydrogens is 226 g/mol. The fourth-order valence-electron chi connectivity index (χ4n) is 1.92. The Morgan fingerprint density at radius 3 is 2.59 bits per heavy atom. The van der Waals surface area contributed by atoms with E-state index in [4.69, 9.17) is 5.73 Å². The molecule has 2 heteroatoms. The molecule has 17 heavy (non-hydrogen) atoms. The molecule has 0 aliphatic rings. The Bertz CT molecular complexity index is 538. The van der Waals surface area contributed by atoms with E-state index >= 15 is 0 Å². The van der Waals surface area contributed by atoms with Gasteiger partial charge in [-0.3, -0.25) is 0 Å². The van der Waals surface area contributed by atoms with Gasteiger partial charge in [-0.05, 0) is 54.9 Å². The Morgan fingerprint density at radius 2 is 2.00 bits per heavy atom. The van der Waals surface area contributed by atoms with Gasteiger partial charge in [0.05, 0.1) is 0 Å². The molecule has 0 saturated heterocycles. The summed E-state index contributed by atoms with van der Waals surface area (Å²) in [6.07, 6.45) is 4.55. The highest BCUT2D eigenvalue weighted by Gasteiger charge is 2.01. The number of aryl methyl sites for hydroxylation is 2. The molecule has 0 unspecified atom stereocenters. The van der Waals surface area contributed by atoms with Gasteiger partial charge in [0.2, 0.25) is 0 Å². The second kappa shape index (κ2) is 5.19. The maximum absolute atomic E-state index is 5.41. The zero-order chi connectivity index (χ0) is 12.3. The van der Waals surface area contributed by atoms with Crippen molar-refractivity contribution in [3.8, 4) is 0 Å². The van der Waals surface area contributed by atoms with Crippen molar-refractivity contribution in [1.82, 2.24) is 0 Å². The van der Waals surface area contributed by atoms with Crippen LogP contribution in [0.3, 0.4) is 0 Å². The van der Waals surface area contributed by atoms with E-state index in [2.05, 4.69) is 44.2 Å². The van der Waals surface area contributed by atoms with Gasteiger partial charge in [-0.15, -0.1) is 11.3 Å². The summed E-state index contributed by atoms with van der Waals surface area (Å²) in [5.74, 6) is 0. The molecule has 0 aliphatic carbocycles. The molecule has 0 aliphatic heterocycles. The van der Waals surface area contributed by atoms with Crippen molar-refractivity contribution in [3.63, 3.8) is 0 Å². The normalized spacial score (nSPS) is 11.2. The summed E-state index contributed by atoms with van der Waals surface area (Å²) in [7, 11) is 0. The van der Waals surface area contributed by atoms with Crippen LogP contribution in [0.4, 0.5) is 0 Å². The van der Waals surface area contributed by atoms with Crippen molar-refractivity contribution in [1.29, 1.82) is 0 Å². The first-order valence-corrected chi connectivity index (χ1v) is 6.54. The molecule has 0 spiro atoms. The minimum atomic E-state index is 1.02. The lowest BCUT2D eigenvalue weighted by Crippen LogP contribution is -1.89. The molecular formula is C15H17NS. The van der Waals surface area contributed by atoms with Crippen molar-refractivity contribution in [2.24, 2.45) is 5.73 Å². The van der Waals surface area contributed by atoms with Crippen LogP contribution in [0.15, 0.2) is 36.5 Å². The van der Waals surface area contributed by atoms with Crippen molar-refractivity contribution < 1.29 is 0 Å². The standard InChI is InChI=1S/C15H17NS/c1-11-9-13(4-5-14(11)7-8-16)10-15-6-3-12(2)17-15/h3-9H,10,16H2,1-2H3/b8-7-. The molecule has 2 N–H and O–H groups in total. The molecule has 0 fully saturated rings. The van der Waals surface area contributed by atoms with E-state index in [1.54, 1.807) is 6.20 Å². The maximum atomic E-state index is 5.41. The molecule has 0 saturated carbocycles. The number of thiophene rings is 1. The summed E-state index contributed by atoms with van der Waals surface area (Å²) in [5, 5.41) is 0. The SMILES string of the molecule is Cc1ccc(Cc2ccc(/C=C\N)c(C)c2)s1. The van der Waals surface area contributed by atoms with E-state index in [1.807, 2.05) is 17.4 Å². The lowest BCUT2D eigenvalue weighted by atomic mass is 10.0. The van der Waals surface area contributed by atoms with Gasteiger partial charge >= 0.3 is 0 Å². The predicted octanol–water partition coefficient (Wildman–Crippen LogP) is 3.89. The topological polar surface area (TPSA) is 26.0 Å². The summed E-state index contributed by atoms with van der Waals surface area (Å²) < 4.78 is 0. The number of nitrogens with two attached hydrogens (primary N) is 1. The third-order valence-corrected chi connectivity index (χ3v) is 3.79. The number of hydrogen-bond donors (Lipinski definition) is 1. The molecule has 2 rings (SSSR count). The first-order valence-electron chi connectivity index (χ1n) is 5.72. The van der Waals surface area contributed by atoms with Crippen LogP contribution in [-0.2, 0) is 6.42 Å². The van der Waals surface area contributed by atoms with Crippen LogP contribution < -0.4 is 5.73 Å². The van der Waals surface area contributed by atoms with Gasteiger partial charge in [0, 0.05) is 16.2 Å². The fourth-order valence-corrected chi connectivity index (χ4v) is 2.84. The van der Waals surface area contributed by atoms with E-state index in [1.165, 1.54) is 26.4 Å². The van der Waals surface area contributed by atoms with E-state index in [0.29, 0.717) is 0 Å². The molecule has 1 nitrogen and oxygen atoms in total. The van der Waals surface area contributed by atoms with E-state index < -0.39 is 0 Å². The van der Waals surface area contributed by atoms with Crippen molar-refractivity contribution in [2.75, 3.05) is 0 Å². The van der Waals surface area contributed by atoms with Gasteiger partial charge < -0.3 is 5.73 Å². The van der Waals surface area contributed by atoms with E-state index in [-0.39, 0.29) is 0 Å². The number of hydrogen-bond acceptors (Lipinski definition) is 2. The molecule has 0 atom stereocenters. The average molecular weight is 243 g/mol. The van der Waals surface area contributed by atoms with Crippen molar-refractivity contribution in [2.45, 2.75) is 20.3 Å². The summed E-state index contributed by atoms with van der Waals surface area (Å²) >= 11 is 1.87. The van der Waals surface area contributed by atoms with Gasteiger partial charge in [-0.25, -0.2) is 0 Å². The zero-order valence-electron chi connectivity index (χ0n) is 10.2. The monoisotopic (exact) mass is 243 g/mol. The zero-order valence-corrected chi connectivity index (χ0v) is 11.1. The predicted molar refractivity (Wildman–Crippen MR) is 76.3 cm³/mol. The second-order valence-electron chi connectivity index (χ2n) is 4.24. The van der Waals surface area contributed by atoms with Crippen LogP contribution in [0.5, 0.6) is 0 Å². The van der Waals surface area contributed by atoms with Gasteiger partial charge in [-0.2, -0.15) is 0 Å². The minimum absolute atomic E-state index is 1.02. The Hall–Kier alpha value is -1.54. The van der Waals surface area contributed by atoms with Crippen LogP contribution in [-0.4, -0.2) is 0 Å². The fraction of sp³-hybridized carbons (Fsp3) is 0.200. The third kappa shape index (κ3) is 2.98. The molecule has 0 radical (unpaired) electrons. The van der Waals surface area contributed by atoms with Crippen LogP contribution in [0.25, 0.3) is 6.08 Å². The van der Waals surface area contributed by atoms with Crippen LogP contribution >= 0.6 is 11.3 Å². The highest BCUT2D eigenvalue weighted by molar-refractivity contribution is 7.11.